The van der Waals surface area contributed by atoms with E-state index in [1.165, 1.54) is 17.7 Å². The molecule has 0 unspecified atom stereocenters. The molecule has 1 aliphatic heterocycles. The van der Waals surface area contributed by atoms with Crippen LogP contribution in [0.15, 0.2) is 17.5 Å². The minimum Gasteiger partial charge on any atom is -0.360 e. The van der Waals surface area contributed by atoms with Gasteiger partial charge in [0.1, 0.15) is 0 Å². The molecule has 1 fully saturated rings. The Hall–Kier alpha value is -0.830. The summed E-state index contributed by atoms with van der Waals surface area (Å²) in [5.41, 5.74) is 0.164. The van der Waals surface area contributed by atoms with Crippen molar-refractivity contribution in [2.24, 2.45) is 0 Å². The summed E-state index contributed by atoms with van der Waals surface area (Å²) in [7, 11) is 0. The second kappa shape index (κ2) is 4.58. The summed E-state index contributed by atoms with van der Waals surface area (Å²) in [4.78, 5) is 3.68. The van der Waals surface area contributed by atoms with E-state index in [0.717, 1.165) is 25.3 Å². The van der Waals surface area contributed by atoms with Crippen molar-refractivity contribution < 1.29 is 0 Å². The van der Waals surface area contributed by atoms with Gasteiger partial charge in [0.25, 0.3) is 0 Å². The fourth-order valence-electron chi connectivity index (χ4n) is 2.28. The average molecular weight is 236 g/mol. The number of hydrogen-bond acceptors (Lipinski definition) is 2. The molecule has 3 heteroatoms. The summed E-state index contributed by atoms with van der Waals surface area (Å²) in [6.45, 7) is 6.60. The summed E-state index contributed by atoms with van der Waals surface area (Å²) in [5, 5.41) is 10.1. The lowest BCUT2D eigenvalue weighted by Crippen LogP contribution is -2.42. The van der Waals surface area contributed by atoms with Crippen LogP contribution in [0.1, 0.15) is 38.0 Å². The highest BCUT2D eigenvalue weighted by Crippen LogP contribution is 2.29. The van der Waals surface area contributed by atoms with Crippen molar-refractivity contribution in [1.82, 2.24) is 4.90 Å². The number of hydrogen-bond donors (Lipinski definition) is 1. The summed E-state index contributed by atoms with van der Waals surface area (Å²) in [5.74, 6) is 0.830. The van der Waals surface area contributed by atoms with E-state index in [1.54, 1.807) is 0 Å². The van der Waals surface area contributed by atoms with E-state index in [9.17, 15) is 0 Å². The molecule has 2 nitrogen and oxygen atoms in total. The lowest BCUT2D eigenvalue weighted by atomic mass is 9.90. The Kier molecular flexibility index (Phi) is 3.33. The van der Waals surface area contributed by atoms with Crippen molar-refractivity contribution in [1.29, 1.82) is 5.41 Å². The van der Waals surface area contributed by atoms with Gasteiger partial charge in [-0.15, -0.1) is 11.3 Å². The van der Waals surface area contributed by atoms with E-state index in [0.29, 0.717) is 0 Å². The Morgan fingerprint density at radius 1 is 1.44 bits per heavy atom. The first kappa shape index (κ1) is 11.6. The van der Waals surface area contributed by atoms with Crippen LogP contribution in [-0.4, -0.2) is 23.8 Å². The predicted molar refractivity (Wildman–Crippen MR) is 70.5 cm³/mol. The van der Waals surface area contributed by atoms with E-state index in [-0.39, 0.29) is 5.41 Å². The maximum Gasteiger partial charge on any atom is 0.0957 e. The van der Waals surface area contributed by atoms with Gasteiger partial charge in [0, 0.05) is 29.8 Å². The third-order valence-corrected chi connectivity index (χ3v) is 4.48. The number of thiophene rings is 1. The molecule has 88 valence electrons. The molecule has 0 amide bonds. The summed E-state index contributed by atoms with van der Waals surface area (Å²) < 4.78 is 0. The molecule has 0 atom stereocenters. The largest absolute Gasteiger partial charge is 0.360 e. The Morgan fingerprint density at radius 3 is 2.88 bits per heavy atom. The molecule has 1 aromatic rings. The van der Waals surface area contributed by atoms with Crippen LogP contribution in [0.5, 0.6) is 0 Å². The Bertz CT molecular complexity index is 354. The Morgan fingerprint density at radius 2 is 2.25 bits per heavy atom. The van der Waals surface area contributed by atoms with Crippen LogP contribution >= 0.6 is 11.3 Å². The molecule has 1 N–H and O–H groups in total. The molecule has 0 saturated carbocycles. The highest BCUT2D eigenvalue weighted by atomic mass is 32.1. The highest BCUT2D eigenvalue weighted by Gasteiger charge is 2.27. The van der Waals surface area contributed by atoms with Gasteiger partial charge in [-0.2, -0.15) is 0 Å². The molecule has 0 spiro atoms. The van der Waals surface area contributed by atoms with Crippen molar-refractivity contribution in [3.8, 4) is 0 Å². The van der Waals surface area contributed by atoms with Gasteiger partial charge in [0.2, 0.25) is 0 Å². The van der Waals surface area contributed by atoms with Crippen LogP contribution in [0, 0.1) is 5.41 Å². The van der Waals surface area contributed by atoms with Crippen molar-refractivity contribution in [2.75, 3.05) is 13.1 Å². The van der Waals surface area contributed by atoms with Crippen molar-refractivity contribution in [3.63, 3.8) is 0 Å². The quantitative estimate of drug-likeness (QED) is 0.854. The van der Waals surface area contributed by atoms with Crippen LogP contribution in [-0.2, 0) is 5.41 Å². The van der Waals surface area contributed by atoms with Gasteiger partial charge in [-0.05, 0) is 24.3 Å². The standard InChI is InChI=1S/C13H20N2S/c1-13(2,11-6-5-9-16-11)10-15-8-4-3-7-12(15)14/h5-6,9,14H,3-4,7-8,10H2,1-2H3. The number of likely N-dealkylation sites (tertiary alicyclic amines) is 1. The topological polar surface area (TPSA) is 27.1 Å². The molecule has 0 bridgehead atoms. The van der Waals surface area contributed by atoms with E-state index in [2.05, 4.69) is 36.3 Å². The van der Waals surface area contributed by atoms with Crippen LogP contribution in [0.4, 0.5) is 0 Å². The second-order valence-electron chi connectivity index (χ2n) is 5.19. The molecule has 1 saturated heterocycles. The van der Waals surface area contributed by atoms with Crippen LogP contribution in [0.25, 0.3) is 0 Å². The van der Waals surface area contributed by atoms with E-state index in [1.807, 2.05) is 11.3 Å². The van der Waals surface area contributed by atoms with Crippen molar-refractivity contribution in [2.45, 2.75) is 38.5 Å². The minimum atomic E-state index is 0.164. The van der Waals surface area contributed by atoms with Crippen LogP contribution < -0.4 is 0 Å². The molecule has 2 rings (SSSR count). The van der Waals surface area contributed by atoms with Gasteiger partial charge < -0.3 is 4.90 Å². The number of rotatable bonds is 3. The normalized spacial score (nSPS) is 17.9. The van der Waals surface area contributed by atoms with Gasteiger partial charge in [0.15, 0.2) is 0 Å². The van der Waals surface area contributed by atoms with Gasteiger partial charge in [-0.3, -0.25) is 5.41 Å². The molecule has 16 heavy (non-hydrogen) atoms. The molecule has 1 aliphatic rings. The first-order valence-corrected chi connectivity index (χ1v) is 6.84. The summed E-state index contributed by atoms with van der Waals surface area (Å²) in [6, 6.07) is 4.32. The minimum absolute atomic E-state index is 0.164. The fraction of sp³-hybridized carbons (Fsp3) is 0.615. The van der Waals surface area contributed by atoms with Gasteiger partial charge in [-0.1, -0.05) is 19.9 Å². The average Bonchev–Trinajstić information content (AvgIpc) is 2.75. The first-order valence-electron chi connectivity index (χ1n) is 5.96. The molecular formula is C13H20N2S. The number of amidine groups is 1. The molecule has 0 radical (unpaired) electrons. The zero-order valence-electron chi connectivity index (χ0n) is 10.1. The number of nitrogens with zero attached hydrogens (tertiary/aromatic N) is 1. The van der Waals surface area contributed by atoms with E-state index >= 15 is 0 Å². The smallest absolute Gasteiger partial charge is 0.0957 e. The monoisotopic (exact) mass is 236 g/mol. The predicted octanol–water partition coefficient (Wildman–Crippen LogP) is 3.49. The third-order valence-electron chi connectivity index (χ3n) is 3.25. The zero-order valence-corrected chi connectivity index (χ0v) is 10.9. The third kappa shape index (κ3) is 2.46. The second-order valence-corrected chi connectivity index (χ2v) is 6.13. The highest BCUT2D eigenvalue weighted by molar-refractivity contribution is 7.10. The maximum atomic E-state index is 7.98. The number of piperidine rings is 1. The van der Waals surface area contributed by atoms with E-state index < -0.39 is 0 Å². The Balaban J connectivity index is 2.05. The molecule has 2 heterocycles. The summed E-state index contributed by atoms with van der Waals surface area (Å²) in [6.07, 6.45) is 3.39. The van der Waals surface area contributed by atoms with E-state index in [4.69, 9.17) is 5.41 Å². The zero-order chi connectivity index (χ0) is 11.6. The molecule has 0 aliphatic carbocycles. The van der Waals surface area contributed by atoms with Gasteiger partial charge >= 0.3 is 0 Å². The van der Waals surface area contributed by atoms with Gasteiger partial charge in [0.05, 0.1) is 5.84 Å². The fourth-order valence-corrected chi connectivity index (χ4v) is 3.13. The first-order chi connectivity index (χ1) is 7.59. The van der Waals surface area contributed by atoms with Crippen molar-refractivity contribution >= 4 is 17.2 Å². The lowest BCUT2D eigenvalue weighted by molar-refractivity contribution is 0.301. The molecule has 0 aromatic carbocycles. The molecular weight excluding hydrogens is 216 g/mol. The Labute approximate surface area is 102 Å². The van der Waals surface area contributed by atoms with Gasteiger partial charge in [-0.25, -0.2) is 0 Å². The SMILES string of the molecule is CC(C)(CN1CCCCC1=N)c1cccs1. The summed E-state index contributed by atoms with van der Waals surface area (Å²) >= 11 is 1.82. The maximum absolute atomic E-state index is 7.98. The lowest BCUT2D eigenvalue weighted by Gasteiger charge is -2.36. The van der Waals surface area contributed by atoms with Crippen LogP contribution in [0.2, 0.25) is 0 Å². The molecule has 1 aromatic heterocycles. The van der Waals surface area contributed by atoms with Crippen LogP contribution in [0.3, 0.4) is 0 Å². The van der Waals surface area contributed by atoms with Crippen molar-refractivity contribution in [3.05, 3.63) is 22.4 Å². The number of nitrogens with one attached hydrogen (secondary N) is 1.